The van der Waals surface area contributed by atoms with Crippen molar-refractivity contribution < 1.29 is 13.6 Å². The summed E-state index contributed by atoms with van der Waals surface area (Å²) in [5.74, 6) is -2.08. The van der Waals surface area contributed by atoms with Crippen LogP contribution in [0.5, 0.6) is 0 Å². The molecule has 0 spiro atoms. The van der Waals surface area contributed by atoms with Crippen molar-refractivity contribution in [2.24, 2.45) is 0 Å². The third-order valence-electron chi connectivity index (χ3n) is 3.80. The van der Waals surface area contributed by atoms with Gasteiger partial charge in [-0.2, -0.15) is 5.10 Å². The Bertz CT molecular complexity index is 877. The number of carbonyl (C=O) groups is 1. The molecule has 0 aliphatic rings. The van der Waals surface area contributed by atoms with Crippen LogP contribution < -0.4 is 0 Å². The summed E-state index contributed by atoms with van der Waals surface area (Å²) in [7, 11) is 1.57. The summed E-state index contributed by atoms with van der Waals surface area (Å²) in [6, 6.07) is 12.8. The van der Waals surface area contributed by atoms with Crippen LogP contribution in [0.3, 0.4) is 0 Å². The molecule has 2 aromatic carbocycles. The van der Waals surface area contributed by atoms with E-state index in [2.05, 4.69) is 5.10 Å². The molecule has 0 N–H and O–H groups in total. The van der Waals surface area contributed by atoms with Gasteiger partial charge in [0.25, 0.3) is 5.91 Å². The molecule has 0 saturated carbocycles. The van der Waals surface area contributed by atoms with Crippen molar-refractivity contribution in [1.82, 2.24) is 14.7 Å². The van der Waals surface area contributed by atoms with Gasteiger partial charge in [0.05, 0.1) is 18.3 Å². The number of rotatable bonds is 5. The average Bonchev–Trinajstić information content (AvgIpc) is 3.02. The lowest BCUT2D eigenvalue weighted by molar-refractivity contribution is 0.0780. The molecule has 3 rings (SSSR count). The van der Waals surface area contributed by atoms with Crippen LogP contribution in [-0.2, 0) is 13.1 Å². The Balaban J connectivity index is 1.67. The summed E-state index contributed by atoms with van der Waals surface area (Å²) < 4.78 is 28.5. The number of nitrogens with zero attached hydrogens (tertiary/aromatic N) is 3. The summed E-state index contributed by atoms with van der Waals surface area (Å²) >= 11 is 0. The van der Waals surface area contributed by atoms with Gasteiger partial charge in [-0.15, -0.1) is 0 Å². The third-order valence-corrected chi connectivity index (χ3v) is 3.80. The number of aromatic nitrogens is 2. The highest BCUT2D eigenvalue weighted by Crippen LogP contribution is 2.13. The van der Waals surface area contributed by atoms with E-state index >= 15 is 0 Å². The van der Waals surface area contributed by atoms with Crippen molar-refractivity contribution in [3.05, 3.63) is 89.2 Å². The van der Waals surface area contributed by atoms with Crippen LogP contribution in [0.25, 0.3) is 0 Å². The summed E-state index contributed by atoms with van der Waals surface area (Å²) in [5.41, 5.74) is 1.80. The summed E-state index contributed by atoms with van der Waals surface area (Å²) in [5, 5.41) is 4.28. The fourth-order valence-corrected chi connectivity index (χ4v) is 2.56. The maximum absolute atomic E-state index is 13.7. The van der Waals surface area contributed by atoms with Crippen LogP contribution in [0, 0.1) is 11.6 Å². The second-order valence-electron chi connectivity index (χ2n) is 5.82. The van der Waals surface area contributed by atoms with E-state index in [9.17, 15) is 13.6 Å². The largest absolute Gasteiger partial charge is 0.337 e. The molecular formula is C19H17F2N3O. The van der Waals surface area contributed by atoms with Gasteiger partial charge in [0.1, 0.15) is 11.6 Å². The average molecular weight is 341 g/mol. The van der Waals surface area contributed by atoms with Crippen LogP contribution in [0.2, 0.25) is 0 Å². The van der Waals surface area contributed by atoms with Gasteiger partial charge < -0.3 is 4.90 Å². The van der Waals surface area contributed by atoms with Crippen LogP contribution >= 0.6 is 0 Å². The van der Waals surface area contributed by atoms with Gasteiger partial charge in [-0.25, -0.2) is 8.78 Å². The zero-order chi connectivity index (χ0) is 17.8. The zero-order valence-corrected chi connectivity index (χ0v) is 13.7. The summed E-state index contributed by atoms with van der Waals surface area (Å²) in [6.07, 6.45) is 3.52. The first-order valence-electron chi connectivity index (χ1n) is 7.78. The normalized spacial score (nSPS) is 10.7. The van der Waals surface area contributed by atoms with Crippen molar-refractivity contribution in [2.75, 3.05) is 7.05 Å². The number of benzene rings is 2. The van der Waals surface area contributed by atoms with E-state index in [1.165, 1.54) is 4.90 Å². The maximum Gasteiger partial charge on any atom is 0.256 e. The van der Waals surface area contributed by atoms with Crippen LogP contribution in [0.15, 0.2) is 60.9 Å². The lowest BCUT2D eigenvalue weighted by Crippen LogP contribution is -2.27. The minimum Gasteiger partial charge on any atom is -0.337 e. The highest BCUT2D eigenvalue weighted by atomic mass is 19.1. The molecule has 0 radical (unpaired) electrons. The van der Waals surface area contributed by atoms with Gasteiger partial charge >= 0.3 is 0 Å². The molecule has 1 heterocycles. The second-order valence-corrected chi connectivity index (χ2v) is 5.82. The molecule has 6 heteroatoms. The number of halogens is 2. The number of hydrogen-bond donors (Lipinski definition) is 0. The van der Waals surface area contributed by atoms with Crippen molar-refractivity contribution >= 4 is 5.91 Å². The van der Waals surface area contributed by atoms with Crippen LogP contribution in [-0.4, -0.2) is 27.6 Å². The van der Waals surface area contributed by atoms with Gasteiger partial charge in [0.15, 0.2) is 0 Å². The van der Waals surface area contributed by atoms with E-state index in [1.807, 2.05) is 36.5 Å². The first-order valence-corrected chi connectivity index (χ1v) is 7.78. The monoisotopic (exact) mass is 341 g/mol. The molecule has 0 atom stereocenters. The van der Waals surface area contributed by atoms with Gasteiger partial charge in [-0.05, 0) is 17.7 Å². The fourth-order valence-electron chi connectivity index (χ4n) is 2.56. The predicted octanol–water partition coefficient (Wildman–Crippen LogP) is 3.48. The maximum atomic E-state index is 13.7. The van der Waals surface area contributed by atoms with Crippen LogP contribution in [0.1, 0.15) is 21.5 Å². The molecule has 1 aromatic heterocycles. The summed E-state index contributed by atoms with van der Waals surface area (Å²) in [4.78, 5) is 13.7. The molecule has 0 saturated heterocycles. The predicted molar refractivity (Wildman–Crippen MR) is 89.9 cm³/mol. The highest BCUT2D eigenvalue weighted by molar-refractivity contribution is 5.94. The van der Waals surface area contributed by atoms with Gasteiger partial charge in [-0.3, -0.25) is 9.48 Å². The molecule has 0 bridgehead atoms. The highest BCUT2D eigenvalue weighted by Gasteiger charge is 2.17. The van der Waals surface area contributed by atoms with Crippen molar-refractivity contribution in [3.8, 4) is 0 Å². The van der Waals surface area contributed by atoms with Crippen molar-refractivity contribution in [1.29, 1.82) is 0 Å². The first-order chi connectivity index (χ1) is 12.0. The summed E-state index contributed by atoms with van der Waals surface area (Å²) in [6.45, 7) is 0.912. The third kappa shape index (κ3) is 4.09. The fraction of sp³-hybridized carbons (Fsp3) is 0.158. The minimum absolute atomic E-state index is 0.152. The van der Waals surface area contributed by atoms with E-state index in [0.717, 1.165) is 23.3 Å². The first kappa shape index (κ1) is 16.8. The number of amides is 1. The Morgan fingerprint density at radius 2 is 1.88 bits per heavy atom. The van der Waals surface area contributed by atoms with Crippen LogP contribution in [0.4, 0.5) is 8.78 Å². The standard InChI is InChI=1S/C19H17F2N3O/c1-23(19(25)17-8-7-16(20)9-18(17)21)11-15-10-22-24(13-15)12-14-5-3-2-4-6-14/h2-10,13H,11-12H2,1H3. The Morgan fingerprint density at radius 1 is 1.12 bits per heavy atom. The number of hydrogen-bond acceptors (Lipinski definition) is 2. The molecule has 0 fully saturated rings. The quantitative estimate of drug-likeness (QED) is 0.713. The SMILES string of the molecule is CN(Cc1cnn(Cc2ccccc2)c1)C(=O)c1ccc(F)cc1F. The van der Waals surface area contributed by atoms with Gasteiger partial charge in [0, 0.05) is 31.4 Å². The molecular weight excluding hydrogens is 324 g/mol. The molecule has 0 aliphatic carbocycles. The van der Waals surface area contributed by atoms with Crippen molar-refractivity contribution in [3.63, 3.8) is 0 Å². The minimum atomic E-state index is -0.864. The smallest absolute Gasteiger partial charge is 0.256 e. The van der Waals surface area contributed by atoms with Gasteiger partial charge in [0.2, 0.25) is 0 Å². The molecule has 1 amide bonds. The molecule has 4 nitrogen and oxygen atoms in total. The van der Waals surface area contributed by atoms with E-state index in [0.29, 0.717) is 12.6 Å². The Morgan fingerprint density at radius 3 is 2.60 bits per heavy atom. The lowest BCUT2D eigenvalue weighted by Gasteiger charge is -2.16. The number of carbonyl (C=O) groups excluding carboxylic acids is 1. The molecule has 0 aliphatic heterocycles. The second kappa shape index (κ2) is 7.25. The van der Waals surface area contributed by atoms with E-state index in [-0.39, 0.29) is 12.1 Å². The Hall–Kier alpha value is -3.02. The van der Waals surface area contributed by atoms with Crippen molar-refractivity contribution in [2.45, 2.75) is 13.1 Å². The van der Waals surface area contributed by atoms with E-state index in [4.69, 9.17) is 0 Å². The zero-order valence-electron chi connectivity index (χ0n) is 13.7. The van der Waals surface area contributed by atoms with E-state index in [1.54, 1.807) is 17.9 Å². The molecule has 3 aromatic rings. The lowest BCUT2D eigenvalue weighted by atomic mass is 10.1. The molecule has 0 unspecified atom stereocenters. The van der Waals surface area contributed by atoms with Gasteiger partial charge in [-0.1, -0.05) is 30.3 Å². The Kier molecular flexibility index (Phi) is 4.88. The van der Waals surface area contributed by atoms with E-state index < -0.39 is 17.5 Å². The molecule has 25 heavy (non-hydrogen) atoms. The molecule has 128 valence electrons. The topological polar surface area (TPSA) is 38.1 Å². The Labute approximate surface area is 144 Å².